The molecule has 124 valence electrons. The zero-order valence-corrected chi connectivity index (χ0v) is 14.3. The van der Waals surface area contributed by atoms with Gasteiger partial charge in [-0.2, -0.15) is 4.98 Å². The second-order valence-electron chi connectivity index (χ2n) is 5.27. The number of hydrogen-bond donors (Lipinski definition) is 0. The molecule has 0 aliphatic carbocycles. The summed E-state index contributed by atoms with van der Waals surface area (Å²) >= 11 is 1.66. The van der Waals surface area contributed by atoms with Crippen molar-refractivity contribution in [1.82, 2.24) is 9.55 Å². The maximum absolute atomic E-state index is 12.3. The highest BCUT2D eigenvalue weighted by molar-refractivity contribution is 8.00. The van der Waals surface area contributed by atoms with E-state index in [1.807, 2.05) is 6.07 Å². The maximum atomic E-state index is 12.3. The molecule has 1 aliphatic heterocycles. The third kappa shape index (κ3) is 4.24. The van der Waals surface area contributed by atoms with Gasteiger partial charge >= 0.3 is 5.69 Å². The molecule has 0 amide bonds. The van der Waals surface area contributed by atoms with Crippen LogP contribution in [-0.4, -0.2) is 47.5 Å². The predicted molar refractivity (Wildman–Crippen MR) is 89.5 cm³/mol. The number of methoxy groups -OCH3 is 1. The molecule has 0 aromatic carbocycles. The van der Waals surface area contributed by atoms with Crippen molar-refractivity contribution in [3.63, 3.8) is 0 Å². The van der Waals surface area contributed by atoms with Crippen LogP contribution in [0.3, 0.4) is 0 Å². The van der Waals surface area contributed by atoms with Crippen molar-refractivity contribution in [3.05, 3.63) is 22.7 Å². The Labute approximate surface area is 135 Å². The van der Waals surface area contributed by atoms with Gasteiger partial charge in [-0.1, -0.05) is 13.8 Å². The van der Waals surface area contributed by atoms with Gasteiger partial charge in [0.05, 0.1) is 6.61 Å². The smallest absolute Gasteiger partial charge is 0.351 e. The molecular weight excluding hydrogens is 302 g/mol. The fraction of sp³-hybridized carbons (Fsp3) is 0.733. The normalized spacial score (nSPS) is 21.2. The summed E-state index contributed by atoms with van der Waals surface area (Å²) in [6.07, 6.45) is 3.60. The van der Waals surface area contributed by atoms with E-state index in [1.165, 1.54) is 0 Å². The number of rotatable bonds is 8. The maximum Gasteiger partial charge on any atom is 0.351 e. The summed E-state index contributed by atoms with van der Waals surface area (Å²) < 4.78 is 12.5. The number of thioether (sulfide) groups is 1. The van der Waals surface area contributed by atoms with Crippen LogP contribution in [0.5, 0.6) is 0 Å². The molecule has 1 aromatic rings. The molecule has 0 N–H and O–H groups in total. The van der Waals surface area contributed by atoms with Crippen molar-refractivity contribution < 1.29 is 9.47 Å². The number of aromatic nitrogens is 2. The highest BCUT2D eigenvalue weighted by atomic mass is 32.2. The Morgan fingerprint density at radius 3 is 2.77 bits per heavy atom. The molecule has 7 heteroatoms. The summed E-state index contributed by atoms with van der Waals surface area (Å²) in [5, 5.41) is 0. The molecule has 22 heavy (non-hydrogen) atoms. The van der Waals surface area contributed by atoms with Crippen molar-refractivity contribution in [3.8, 4) is 0 Å². The van der Waals surface area contributed by atoms with Crippen LogP contribution in [0.4, 0.5) is 5.82 Å². The van der Waals surface area contributed by atoms with Gasteiger partial charge in [0, 0.05) is 32.1 Å². The first-order chi connectivity index (χ1) is 10.7. The highest BCUT2D eigenvalue weighted by Crippen LogP contribution is 2.31. The minimum atomic E-state index is -0.259. The van der Waals surface area contributed by atoms with Gasteiger partial charge in [-0.05, 0) is 18.9 Å². The van der Waals surface area contributed by atoms with Gasteiger partial charge in [-0.15, -0.1) is 11.8 Å². The van der Waals surface area contributed by atoms with Crippen molar-refractivity contribution in [2.24, 2.45) is 0 Å². The molecule has 1 aliphatic rings. The fourth-order valence-electron chi connectivity index (χ4n) is 2.49. The summed E-state index contributed by atoms with van der Waals surface area (Å²) in [4.78, 5) is 18.7. The quantitative estimate of drug-likeness (QED) is 0.729. The van der Waals surface area contributed by atoms with Crippen LogP contribution >= 0.6 is 11.8 Å². The molecule has 6 nitrogen and oxygen atoms in total. The lowest BCUT2D eigenvalue weighted by atomic mass is 10.3. The lowest BCUT2D eigenvalue weighted by Crippen LogP contribution is -2.32. The fourth-order valence-corrected chi connectivity index (χ4v) is 3.55. The van der Waals surface area contributed by atoms with E-state index >= 15 is 0 Å². The first kappa shape index (κ1) is 17.3. The van der Waals surface area contributed by atoms with Crippen molar-refractivity contribution >= 4 is 17.6 Å². The van der Waals surface area contributed by atoms with Gasteiger partial charge in [-0.3, -0.25) is 4.57 Å². The van der Waals surface area contributed by atoms with Gasteiger partial charge in [0.1, 0.15) is 17.5 Å². The Hall–Kier alpha value is -1.05. The third-order valence-electron chi connectivity index (χ3n) is 3.47. The van der Waals surface area contributed by atoms with Crippen LogP contribution < -0.4 is 10.6 Å². The van der Waals surface area contributed by atoms with Crippen LogP contribution in [0.15, 0.2) is 17.1 Å². The molecule has 0 saturated carbocycles. The van der Waals surface area contributed by atoms with Crippen molar-refractivity contribution in [2.45, 2.75) is 38.4 Å². The Morgan fingerprint density at radius 1 is 1.45 bits per heavy atom. The molecule has 0 unspecified atom stereocenters. The SMILES string of the molecule is CCCN(CCC)c1ccn([C@@H]2CS[C@H](COC)O2)c(=O)n1. The van der Waals surface area contributed by atoms with E-state index in [0.29, 0.717) is 6.61 Å². The predicted octanol–water partition coefficient (Wildman–Crippen LogP) is 2.10. The minimum Gasteiger partial charge on any atom is -0.381 e. The van der Waals surface area contributed by atoms with Crippen LogP contribution in [-0.2, 0) is 9.47 Å². The molecule has 1 fully saturated rings. The minimum absolute atomic E-state index is 0.0155. The Bertz CT molecular complexity index is 517. The number of anilines is 1. The molecule has 0 spiro atoms. The second-order valence-corrected chi connectivity index (χ2v) is 6.46. The first-order valence-corrected chi connectivity index (χ1v) is 8.84. The Kier molecular flexibility index (Phi) is 6.72. The molecule has 2 heterocycles. The summed E-state index contributed by atoms with van der Waals surface area (Å²) in [6, 6.07) is 1.91. The number of hydrogen-bond acceptors (Lipinski definition) is 6. The molecule has 2 rings (SSSR count). The molecular formula is C15H25N3O3S. The van der Waals surface area contributed by atoms with Gasteiger partial charge < -0.3 is 14.4 Å². The Morgan fingerprint density at radius 2 is 2.18 bits per heavy atom. The van der Waals surface area contributed by atoms with E-state index in [2.05, 4.69) is 23.7 Å². The van der Waals surface area contributed by atoms with Crippen LogP contribution in [0.25, 0.3) is 0 Å². The molecule has 0 radical (unpaired) electrons. The van der Waals surface area contributed by atoms with Crippen LogP contribution in [0.2, 0.25) is 0 Å². The monoisotopic (exact) mass is 327 g/mol. The van der Waals surface area contributed by atoms with E-state index in [4.69, 9.17) is 9.47 Å². The van der Waals surface area contributed by atoms with E-state index in [1.54, 1.807) is 29.6 Å². The molecule has 1 aromatic heterocycles. The zero-order valence-electron chi connectivity index (χ0n) is 13.5. The lowest BCUT2D eigenvalue weighted by Gasteiger charge is -2.23. The average Bonchev–Trinajstić information content (AvgIpc) is 2.95. The molecule has 1 saturated heterocycles. The Balaban J connectivity index is 2.11. The van der Waals surface area contributed by atoms with Crippen molar-refractivity contribution in [1.29, 1.82) is 0 Å². The van der Waals surface area contributed by atoms with Gasteiger partial charge in [-0.25, -0.2) is 4.79 Å². The lowest BCUT2D eigenvalue weighted by molar-refractivity contribution is -0.0152. The summed E-state index contributed by atoms with van der Waals surface area (Å²) in [5.41, 5.74) is -0.267. The average molecular weight is 327 g/mol. The van der Waals surface area contributed by atoms with E-state index in [-0.39, 0.29) is 17.4 Å². The standard InChI is InChI=1S/C15H25N3O3S/c1-4-7-17(8-5-2)12-6-9-18(15(19)16-12)13-11-22-14(21-13)10-20-3/h6,9,13-14H,4-5,7-8,10-11H2,1-3H3/t13-,14+/m0/s1. The summed E-state index contributed by atoms with van der Waals surface area (Å²) in [6.45, 7) is 6.61. The van der Waals surface area contributed by atoms with E-state index in [0.717, 1.165) is 37.5 Å². The largest absolute Gasteiger partial charge is 0.381 e. The zero-order chi connectivity index (χ0) is 15.9. The van der Waals surface area contributed by atoms with Gasteiger partial charge in [0.2, 0.25) is 0 Å². The van der Waals surface area contributed by atoms with Crippen LogP contribution in [0.1, 0.15) is 32.9 Å². The van der Waals surface area contributed by atoms with E-state index in [9.17, 15) is 4.79 Å². The highest BCUT2D eigenvalue weighted by Gasteiger charge is 2.28. The van der Waals surface area contributed by atoms with Gasteiger partial charge in [0.15, 0.2) is 0 Å². The summed E-state index contributed by atoms with van der Waals surface area (Å²) in [7, 11) is 1.65. The summed E-state index contributed by atoms with van der Waals surface area (Å²) in [5.74, 6) is 1.49. The molecule has 0 bridgehead atoms. The topological polar surface area (TPSA) is 56.6 Å². The van der Waals surface area contributed by atoms with Crippen LogP contribution in [0, 0.1) is 0 Å². The molecule has 2 atom stereocenters. The third-order valence-corrected chi connectivity index (χ3v) is 4.57. The first-order valence-electron chi connectivity index (χ1n) is 7.79. The number of nitrogens with zero attached hydrogens (tertiary/aromatic N) is 3. The van der Waals surface area contributed by atoms with E-state index < -0.39 is 0 Å². The second kappa shape index (κ2) is 8.55. The number of ether oxygens (including phenoxy) is 2. The van der Waals surface area contributed by atoms with Crippen molar-refractivity contribution in [2.75, 3.05) is 37.5 Å². The van der Waals surface area contributed by atoms with Gasteiger partial charge in [0.25, 0.3) is 0 Å².